The van der Waals surface area contributed by atoms with Crippen molar-refractivity contribution >= 4 is 11.6 Å². The average molecular weight is 218 g/mol. The van der Waals surface area contributed by atoms with Gasteiger partial charge in [-0.3, -0.25) is 0 Å². The maximum Gasteiger partial charge on any atom is 0.287 e. The topological polar surface area (TPSA) is 83.2 Å². The van der Waals surface area contributed by atoms with Gasteiger partial charge in [0.1, 0.15) is 18.2 Å². The Morgan fingerprint density at radius 1 is 1.40 bits per heavy atom. The van der Waals surface area contributed by atoms with E-state index in [1.165, 1.54) is 6.07 Å². The second-order valence-electron chi connectivity index (χ2n) is 2.92. The van der Waals surface area contributed by atoms with Gasteiger partial charge in [-0.2, -0.15) is 0 Å². The summed E-state index contributed by atoms with van der Waals surface area (Å²) in [6.07, 6.45) is 0. The number of nitrogens with two attached hydrogens (primary N) is 1. The van der Waals surface area contributed by atoms with Crippen molar-refractivity contribution in [3.05, 3.63) is 18.2 Å². The lowest BCUT2D eigenvalue weighted by Crippen LogP contribution is -2.31. The summed E-state index contributed by atoms with van der Waals surface area (Å²) in [5.74, 6) is 2.57. The summed E-state index contributed by atoms with van der Waals surface area (Å²) in [7, 11) is 0. The molecule has 0 fully saturated rings. The largest absolute Gasteiger partial charge is 0.390 e. The van der Waals surface area contributed by atoms with E-state index in [0.29, 0.717) is 5.82 Å². The highest BCUT2D eigenvalue weighted by Gasteiger charge is 2.27. The fourth-order valence-corrected chi connectivity index (χ4v) is 0.889. The van der Waals surface area contributed by atoms with Gasteiger partial charge in [0.15, 0.2) is 0 Å². The number of halogens is 2. The summed E-state index contributed by atoms with van der Waals surface area (Å²) < 4.78 is 25.3. The Balaban J connectivity index is 2.57. The van der Waals surface area contributed by atoms with Crippen molar-refractivity contribution in [2.24, 2.45) is 5.84 Å². The zero-order chi connectivity index (χ0) is 11.3. The smallest absolute Gasteiger partial charge is 0.287 e. The molecule has 0 aliphatic rings. The number of aliphatic hydroxyl groups excluding tert-OH is 1. The van der Waals surface area contributed by atoms with E-state index in [1.54, 1.807) is 12.1 Å². The van der Waals surface area contributed by atoms with Crippen LogP contribution in [0.5, 0.6) is 0 Å². The Kier molecular flexibility index (Phi) is 3.75. The molecule has 15 heavy (non-hydrogen) atoms. The molecule has 0 amide bonds. The molecule has 0 saturated carbocycles. The lowest BCUT2D eigenvalue weighted by molar-refractivity contribution is -0.0373. The summed E-state index contributed by atoms with van der Waals surface area (Å²) in [5.41, 5.74) is 2.29. The van der Waals surface area contributed by atoms with E-state index in [1.807, 2.05) is 0 Å². The second kappa shape index (κ2) is 4.85. The maximum absolute atomic E-state index is 12.6. The SMILES string of the molecule is NNc1cccc(NCC(F)(F)CO)n1. The van der Waals surface area contributed by atoms with Gasteiger partial charge in [-0.05, 0) is 12.1 Å². The Morgan fingerprint density at radius 3 is 2.67 bits per heavy atom. The number of hydrogen-bond acceptors (Lipinski definition) is 5. The van der Waals surface area contributed by atoms with Crippen molar-refractivity contribution in [3.8, 4) is 0 Å². The Morgan fingerprint density at radius 2 is 2.07 bits per heavy atom. The van der Waals surface area contributed by atoms with Gasteiger partial charge in [0.2, 0.25) is 0 Å². The van der Waals surface area contributed by atoms with E-state index in [0.717, 1.165) is 0 Å². The molecule has 5 nitrogen and oxygen atoms in total. The first-order valence-corrected chi connectivity index (χ1v) is 4.23. The molecule has 0 bridgehead atoms. The van der Waals surface area contributed by atoms with Crippen molar-refractivity contribution in [1.29, 1.82) is 0 Å². The molecule has 84 valence electrons. The van der Waals surface area contributed by atoms with Gasteiger partial charge in [-0.1, -0.05) is 6.07 Å². The van der Waals surface area contributed by atoms with Gasteiger partial charge in [0, 0.05) is 0 Å². The van der Waals surface area contributed by atoms with E-state index in [9.17, 15) is 8.78 Å². The minimum absolute atomic E-state index is 0.263. The van der Waals surface area contributed by atoms with Gasteiger partial charge in [0.05, 0.1) is 6.54 Å². The van der Waals surface area contributed by atoms with E-state index < -0.39 is 19.1 Å². The quantitative estimate of drug-likeness (QED) is 0.425. The summed E-state index contributed by atoms with van der Waals surface area (Å²) in [6, 6.07) is 4.73. The fourth-order valence-electron chi connectivity index (χ4n) is 0.889. The summed E-state index contributed by atoms with van der Waals surface area (Å²) >= 11 is 0. The lowest BCUT2D eigenvalue weighted by Gasteiger charge is -2.14. The van der Waals surface area contributed by atoms with Crippen LogP contribution in [-0.2, 0) is 0 Å². The van der Waals surface area contributed by atoms with Gasteiger partial charge in [0.25, 0.3) is 5.92 Å². The molecule has 0 aliphatic carbocycles. The van der Waals surface area contributed by atoms with Gasteiger partial charge >= 0.3 is 0 Å². The summed E-state index contributed by atoms with van der Waals surface area (Å²) in [4.78, 5) is 3.87. The van der Waals surface area contributed by atoms with Crippen LogP contribution in [0.3, 0.4) is 0 Å². The van der Waals surface area contributed by atoms with E-state index in [4.69, 9.17) is 10.9 Å². The number of aliphatic hydroxyl groups is 1. The molecule has 0 spiro atoms. The lowest BCUT2D eigenvalue weighted by atomic mass is 10.3. The van der Waals surface area contributed by atoms with Crippen LogP contribution < -0.4 is 16.6 Å². The molecular weight excluding hydrogens is 206 g/mol. The average Bonchev–Trinajstić information content (AvgIpc) is 2.27. The first kappa shape index (κ1) is 11.6. The Bertz CT molecular complexity index is 321. The fraction of sp³-hybridized carbons (Fsp3) is 0.375. The number of rotatable bonds is 5. The molecule has 0 aliphatic heterocycles. The molecule has 1 aromatic rings. The van der Waals surface area contributed by atoms with Crippen molar-refractivity contribution in [2.75, 3.05) is 23.9 Å². The van der Waals surface area contributed by atoms with E-state index >= 15 is 0 Å². The third-order valence-electron chi connectivity index (χ3n) is 1.66. The minimum Gasteiger partial charge on any atom is -0.390 e. The number of pyridine rings is 1. The number of aromatic nitrogens is 1. The number of nitrogens with zero attached hydrogens (tertiary/aromatic N) is 1. The monoisotopic (exact) mass is 218 g/mol. The highest BCUT2D eigenvalue weighted by Crippen LogP contribution is 2.14. The predicted molar refractivity (Wildman–Crippen MR) is 52.6 cm³/mol. The summed E-state index contributed by atoms with van der Waals surface area (Å²) in [5, 5.41) is 10.7. The number of alkyl halides is 2. The van der Waals surface area contributed by atoms with Crippen LogP contribution in [0.15, 0.2) is 18.2 Å². The number of nitrogen functional groups attached to an aromatic ring is 1. The van der Waals surface area contributed by atoms with Crippen LogP contribution >= 0.6 is 0 Å². The molecule has 1 aromatic heterocycles. The van der Waals surface area contributed by atoms with Gasteiger partial charge < -0.3 is 15.8 Å². The van der Waals surface area contributed by atoms with Crippen LogP contribution in [0.2, 0.25) is 0 Å². The molecule has 0 radical (unpaired) electrons. The highest BCUT2D eigenvalue weighted by atomic mass is 19.3. The number of hydrogen-bond donors (Lipinski definition) is 4. The zero-order valence-corrected chi connectivity index (χ0v) is 7.87. The zero-order valence-electron chi connectivity index (χ0n) is 7.87. The maximum atomic E-state index is 12.6. The summed E-state index contributed by atoms with van der Waals surface area (Å²) in [6.45, 7) is -1.88. The number of anilines is 2. The Labute approximate surface area is 85.3 Å². The van der Waals surface area contributed by atoms with Crippen molar-refractivity contribution < 1.29 is 13.9 Å². The molecule has 7 heteroatoms. The predicted octanol–water partition coefficient (Wildman–Crippen LogP) is 0.407. The Hall–Kier alpha value is -1.47. The minimum atomic E-state index is -3.16. The molecule has 5 N–H and O–H groups in total. The molecule has 1 rings (SSSR count). The van der Waals surface area contributed by atoms with E-state index in [-0.39, 0.29) is 5.82 Å². The standard InChI is InChI=1S/C8H12F2N4O/c9-8(10,5-15)4-12-6-2-1-3-7(13-6)14-11/h1-3,15H,4-5,11H2,(H2,12,13,14). The molecule has 0 aromatic carbocycles. The second-order valence-corrected chi connectivity index (χ2v) is 2.92. The van der Waals surface area contributed by atoms with Gasteiger partial charge in [-0.15, -0.1) is 0 Å². The molecule has 0 atom stereocenters. The first-order valence-electron chi connectivity index (χ1n) is 4.23. The highest BCUT2D eigenvalue weighted by molar-refractivity contribution is 5.44. The number of hydrazine groups is 1. The normalized spacial score (nSPS) is 11.2. The molecule has 1 heterocycles. The third-order valence-corrected chi connectivity index (χ3v) is 1.66. The van der Waals surface area contributed by atoms with E-state index in [2.05, 4.69) is 15.7 Å². The van der Waals surface area contributed by atoms with Crippen molar-refractivity contribution in [2.45, 2.75) is 5.92 Å². The van der Waals surface area contributed by atoms with Crippen LogP contribution in [-0.4, -0.2) is 29.2 Å². The van der Waals surface area contributed by atoms with Crippen LogP contribution in [0.4, 0.5) is 20.4 Å². The number of nitrogens with one attached hydrogen (secondary N) is 2. The van der Waals surface area contributed by atoms with Gasteiger partial charge in [-0.25, -0.2) is 19.6 Å². The molecule has 0 unspecified atom stereocenters. The van der Waals surface area contributed by atoms with Crippen molar-refractivity contribution in [3.63, 3.8) is 0 Å². The molecule has 0 saturated heterocycles. The first-order chi connectivity index (χ1) is 7.07. The van der Waals surface area contributed by atoms with Crippen LogP contribution in [0.25, 0.3) is 0 Å². The van der Waals surface area contributed by atoms with Crippen molar-refractivity contribution in [1.82, 2.24) is 4.98 Å². The third kappa shape index (κ3) is 3.64. The van der Waals surface area contributed by atoms with Crippen LogP contribution in [0, 0.1) is 0 Å². The molecular formula is C8H12F2N4O. The van der Waals surface area contributed by atoms with Crippen LogP contribution in [0.1, 0.15) is 0 Å².